The van der Waals surface area contributed by atoms with Gasteiger partial charge in [-0.1, -0.05) is 30.4 Å². The van der Waals surface area contributed by atoms with Gasteiger partial charge in [0.2, 0.25) is 5.91 Å². The molecule has 1 aliphatic rings. The molecule has 1 heterocycles. The Morgan fingerprint density at radius 3 is 2.79 bits per heavy atom. The van der Waals surface area contributed by atoms with E-state index in [4.69, 9.17) is 22.2 Å². The zero-order valence-corrected chi connectivity index (χ0v) is 16.5. The molecule has 2 atom stereocenters. The van der Waals surface area contributed by atoms with E-state index in [0.717, 1.165) is 23.8 Å². The van der Waals surface area contributed by atoms with Gasteiger partial charge >= 0.3 is 0 Å². The third-order valence-electron chi connectivity index (χ3n) is 4.78. The van der Waals surface area contributed by atoms with Gasteiger partial charge in [0.1, 0.15) is 22.4 Å². The summed E-state index contributed by atoms with van der Waals surface area (Å²) in [5.74, 6) is -1.24. The number of amides is 1. The SMILES string of the molecule is CC(=O)N(NC(=S)c1cc(F)ccc1F)C1c2ccccc2OCC1CCNO. The number of hydrogen-bond donors (Lipinski definition) is 3. The van der Waals surface area contributed by atoms with Crippen LogP contribution in [0.1, 0.15) is 30.5 Å². The Morgan fingerprint density at radius 2 is 2.07 bits per heavy atom. The van der Waals surface area contributed by atoms with Crippen molar-refractivity contribution in [1.82, 2.24) is 15.9 Å². The number of carbonyl (C=O) groups is 1. The molecule has 0 spiro atoms. The van der Waals surface area contributed by atoms with Crippen LogP contribution in [0.15, 0.2) is 42.5 Å². The van der Waals surface area contributed by atoms with Crippen molar-refractivity contribution in [2.24, 2.45) is 5.92 Å². The van der Waals surface area contributed by atoms with Crippen LogP contribution in [0.3, 0.4) is 0 Å². The molecule has 2 unspecified atom stereocenters. The Labute approximate surface area is 172 Å². The number of para-hydroxylation sites is 1. The highest BCUT2D eigenvalue weighted by molar-refractivity contribution is 7.80. The molecule has 0 bridgehead atoms. The first-order valence-electron chi connectivity index (χ1n) is 9.07. The number of hydrazine groups is 1. The number of fused-ring (bicyclic) bond motifs is 1. The fourth-order valence-electron chi connectivity index (χ4n) is 3.42. The quantitative estimate of drug-likeness (QED) is 0.509. The van der Waals surface area contributed by atoms with Gasteiger partial charge in [-0.2, -0.15) is 0 Å². The highest BCUT2D eigenvalue weighted by Gasteiger charge is 2.37. The summed E-state index contributed by atoms with van der Waals surface area (Å²) in [7, 11) is 0. The standard InChI is InChI=1S/C20H21F2N3O3S/c1-12(26)25(24-20(29)16-10-14(21)6-7-17(16)22)19-13(8-9-23-27)11-28-18-5-3-2-4-15(18)19/h2-7,10,13,19,23,27H,8-9,11H2,1H3,(H,24,29). The number of nitrogens with zero attached hydrogens (tertiary/aromatic N) is 1. The smallest absolute Gasteiger partial charge is 0.238 e. The lowest BCUT2D eigenvalue weighted by molar-refractivity contribution is -0.136. The number of hydroxylamine groups is 1. The summed E-state index contributed by atoms with van der Waals surface area (Å²) < 4.78 is 33.5. The van der Waals surface area contributed by atoms with Crippen LogP contribution < -0.4 is 15.6 Å². The van der Waals surface area contributed by atoms with Crippen LogP contribution in [0.25, 0.3) is 0 Å². The average Bonchev–Trinajstić information content (AvgIpc) is 2.71. The van der Waals surface area contributed by atoms with Crippen molar-refractivity contribution in [2.45, 2.75) is 19.4 Å². The second-order valence-corrected chi connectivity index (χ2v) is 7.11. The maximum Gasteiger partial charge on any atom is 0.238 e. The molecule has 1 aliphatic heterocycles. The van der Waals surface area contributed by atoms with Crippen molar-refractivity contribution in [3.8, 4) is 5.75 Å². The molecule has 1 amide bonds. The van der Waals surface area contributed by atoms with Crippen molar-refractivity contribution in [3.63, 3.8) is 0 Å². The highest BCUT2D eigenvalue weighted by Crippen LogP contribution is 2.40. The van der Waals surface area contributed by atoms with Crippen molar-refractivity contribution in [3.05, 3.63) is 65.2 Å². The Bertz CT molecular complexity index is 912. The second-order valence-electron chi connectivity index (χ2n) is 6.70. The minimum atomic E-state index is -0.694. The molecule has 2 aromatic rings. The van der Waals surface area contributed by atoms with E-state index in [0.29, 0.717) is 25.3 Å². The average molecular weight is 421 g/mol. The van der Waals surface area contributed by atoms with E-state index in [1.54, 1.807) is 6.07 Å². The molecular weight excluding hydrogens is 400 g/mol. The number of rotatable bonds is 5. The lowest BCUT2D eigenvalue weighted by Gasteiger charge is -2.40. The summed E-state index contributed by atoms with van der Waals surface area (Å²) in [5, 5.41) is 10.3. The molecule has 0 saturated heterocycles. The van der Waals surface area contributed by atoms with Gasteiger partial charge < -0.3 is 9.94 Å². The molecule has 0 aromatic heterocycles. The molecule has 0 aliphatic carbocycles. The largest absolute Gasteiger partial charge is 0.493 e. The molecule has 0 saturated carbocycles. The predicted molar refractivity (Wildman–Crippen MR) is 106 cm³/mol. The number of ether oxygens (including phenoxy) is 1. The van der Waals surface area contributed by atoms with Gasteiger partial charge in [0, 0.05) is 30.5 Å². The maximum atomic E-state index is 14.1. The molecule has 2 aromatic carbocycles. The first kappa shape index (κ1) is 21.1. The number of hydrogen-bond acceptors (Lipinski definition) is 5. The number of halogens is 2. The molecule has 3 rings (SSSR count). The summed E-state index contributed by atoms with van der Waals surface area (Å²) in [6, 6.07) is 9.75. The lowest BCUT2D eigenvalue weighted by atomic mass is 9.87. The summed E-state index contributed by atoms with van der Waals surface area (Å²) in [6.45, 7) is 1.97. The Morgan fingerprint density at radius 1 is 1.31 bits per heavy atom. The summed E-state index contributed by atoms with van der Waals surface area (Å²) in [4.78, 5) is 12.4. The minimum Gasteiger partial charge on any atom is -0.493 e. The normalized spacial score (nSPS) is 17.8. The van der Waals surface area contributed by atoms with E-state index in [-0.39, 0.29) is 22.4 Å². The minimum absolute atomic E-state index is 0.111. The highest BCUT2D eigenvalue weighted by atomic mass is 32.1. The van der Waals surface area contributed by atoms with E-state index in [9.17, 15) is 13.6 Å². The zero-order valence-electron chi connectivity index (χ0n) is 15.7. The van der Waals surface area contributed by atoms with Crippen molar-refractivity contribution < 1.29 is 23.5 Å². The van der Waals surface area contributed by atoms with Crippen LogP contribution >= 0.6 is 12.2 Å². The Kier molecular flexibility index (Phi) is 6.73. The summed E-state index contributed by atoms with van der Waals surface area (Å²) >= 11 is 5.26. The molecule has 0 fully saturated rings. The van der Waals surface area contributed by atoms with Crippen LogP contribution in [-0.4, -0.2) is 34.3 Å². The molecule has 29 heavy (non-hydrogen) atoms. The van der Waals surface area contributed by atoms with Crippen LogP contribution in [0, 0.1) is 17.6 Å². The lowest BCUT2D eigenvalue weighted by Crippen LogP contribution is -2.51. The second kappa shape index (κ2) is 9.25. The van der Waals surface area contributed by atoms with E-state index < -0.39 is 17.7 Å². The zero-order chi connectivity index (χ0) is 21.0. The number of thiocarbonyl (C=S) groups is 1. The summed E-state index contributed by atoms with van der Waals surface area (Å²) in [6.07, 6.45) is 0.502. The predicted octanol–water partition coefficient (Wildman–Crippen LogP) is 3.11. The van der Waals surface area contributed by atoms with Crippen LogP contribution in [-0.2, 0) is 4.79 Å². The Balaban J connectivity index is 1.95. The maximum absolute atomic E-state index is 14.1. The Hall–Kier alpha value is -2.62. The van der Waals surface area contributed by atoms with Crippen molar-refractivity contribution in [1.29, 1.82) is 0 Å². The molecule has 6 nitrogen and oxygen atoms in total. The molecule has 3 N–H and O–H groups in total. The van der Waals surface area contributed by atoms with Gasteiger partial charge in [0.15, 0.2) is 0 Å². The van der Waals surface area contributed by atoms with Gasteiger partial charge in [0.05, 0.1) is 12.6 Å². The number of carbonyl (C=O) groups excluding carboxylic acids is 1. The third kappa shape index (κ3) is 4.69. The number of benzene rings is 2. The van der Waals surface area contributed by atoms with Crippen molar-refractivity contribution >= 4 is 23.1 Å². The summed E-state index contributed by atoms with van der Waals surface area (Å²) in [5.41, 5.74) is 5.52. The van der Waals surface area contributed by atoms with Gasteiger partial charge in [-0.3, -0.25) is 10.2 Å². The van der Waals surface area contributed by atoms with Crippen LogP contribution in [0.5, 0.6) is 5.75 Å². The van der Waals surface area contributed by atoms with Crippen LogP contribution in [0.4, 0.5) is 8.78 Å². The van der Waals surface area contributed by atoms with E-state index in [1.807, 2.05) is 18.2 Å². The topological polar surface area (TPSA) is 73.8 Å². The number of nitrogens with one attached hydrogen (secondary N) is 2. The van der Waals surface area contributed by atoms with Crippen LogP contribution in [0.2, 0.25) is 0 Å². The molecule has 154 valence electrons. The molecule has 0 radical (unpaired) electrons. The fraction of sp³-hybridized carbons (Fsp3) is 0.300. The monoisotopic (exact) mass is 421 g/mol. The molecular formula is C20H21F2N3O3S. The van der Waals surface area contributed by atoms with Gasteiger partial charge in [-0.15, -0.1) is 0 Å². The fourth-order valence-corrected chi connectivity index (χ4v) is 3.68. The van der Waals surface area contributed by atoms with Gasteiger partial charge in [0.25, 0.3) is 0 Å². The first-order valence-corrected chi connectivity index (χ1v) is 9.47. The third-order valence-corrected chi connectivity index (χ3v) is 5.09. The first-order chi connectivity index (χ1) is 13.9. The van der Waals surface area contributed by atoms with Gasteiger partial charge in [-0.25, -0.2) is 19.3 Å². The molecule has 9 heteroatoms. The van der Waals surface area contributed by atoms with E-state index in [1.165, 1.54) is 11.9 Å². The van der Waals surface area contributed by atoms with Gasteiger partial charge in [-0.05, 0) is 30.7 Å². The van der Waals surface area contributed by atoms with E-state index >= 15 is 0 Å². The van der Waals surface area contributed by atoms with Crippen molar-refractivity contribution in [2.75, 3.05) is 13.2 Å². The van der Waals surface area contributed by atoms with E-state index in [2.05, 4.69) is 10.9 Å².